The average molecular weight is 1810 g/mol. The molecule has 680 valence electrons. The summed E-state index contributed by atoms with van der Waals surface area (Å²) in [5.41, 5.74) is 4.48. The van der Waals surface area contributed by atoms with E-state index in [1.54, 1.807) is 40.7 Å². The number of esters is 1. The Balaban J connectivity index is 0.000000325. The predicted molar refractivity (Wildman–Crippen MR) is 451 cm³/mol. The number of amides is 3. The monoisotopic (exact) mass is 1810 g/mol. The Morgan fingerprint density at radius 2 is 0.667 bits per heavy atom. The summed E-state index contributed by atoms with van der Waals surface area (Å²) in [4.78, 5) is 95.1. The van der Waals surface area contributed by atoms with Crippen molar-refractivity contribution in [3.8, 4) is 0 Å². The van der Waals surface area contributed by atoms with Gasteiger partial charge in [0.25, 0.3) is 0 Å². The number of methoxy groups -OCH3 is 1. The standard InChI is InChI=1S/C28H40F3N5O4S.2C27H38F3N5O4S.Na.H2O/c1-17(2)16-36(20-10-12-35(13-11-20)26(38)40-27(4,5)6)22-9-8-19(18(3)14-23(37)39-7)15-21(22)32-25-33-24(34-41-25)28(29,30)31;2*1-16(2)15-35(19-9-11-34(12-10-19)25(38)39-26(4,5)6)21-8-7-18(17(3)13-22(36)37)14-20(21)31-24-32-23(33-40-24)27(28,29)30;;/h8-9,15,17-18,20H,10-14,16H2,1-7H3,(H,32,33,34);2*7-8,14,16-17,19H,9-13,15H2,1-6H3,(H,36,37)(H,31,32,33);;1H2/q;;;+1;/p-1/t18-;2*17-;;/m111../s1. The van der Waals surface area contributed by atoms with Crippen LogP contribution in [0.25, 0.3) is 0 Å². The van der Waals surface area contributed by atoms with Crippen LogP contribution in [-0.4, -0.2) is 196 Å². The van der Waals surface area contributed by atoms with Gasteiger partial charge in [0.15, 0.2) is 0 Å². The van der Waals surface area contributed by atoms with Gasteiger partial charge in [0.1, 0.15) is 16.8 Å². The Morgan fingerprint density at radius 3 is 0.862 bits per heavy atom. The van der Waals surface area contributed by atoms with E-state index in [0.717, 1.165) is 33.8 Å². The zero-order valence-corrected chi connectivity index (χ0v) is 78.0. The number of carboxylic acid groups (broad SMARTS) is 2. The number of piperidine rings is 3. The Labute approximate surface area is 747 Å². The molecule has 28 nitrogen and oxygen atoms in total. The summed E-state index contributed by atoms with van der Waals surface area (Å²) in [5.74, 6) is -5.88. The minimum Gasteiger partial charge on any atom is -0.870 e. The number of hydrogen-bond donors (Lipinski definition) is 5. The van der Waals surface area contributed by atoms with Crippen molar-refractivity contribution in [1.82, 2.24) is 42.8 Å². The van der Waals surface area contributed by atoms with E-state index in [-0.39, 0.29) is 148 Å². The minimum atomic E-state index is -4.66. The minimum absolute atomic E-state index is 0. The fourth-order valence-corrected chi connectivity index (χ4v) is 15.7. The van der Waals surface area contributed by atoms with Crippen molar-refractivity contribution < 1.29 is 132 Å². The summed E-state index contributed by atoms with van der Waals surface area (Å²) in [6.07, 6.45) is -10.9. The van der Waals surface area contributed by atoms with Gasteiger partial charge in [-0.25, -0.2) is 14.4 Å². The Hall–Kier alpha value is -8.31. The molecule has 3 atom stereocenters. The van der Waals surface area contributed by atoms with Crippen LogP contribution in [0, 0.1) is 17.8 Å². The van der Waals surface area contributed by atoms with Gasteiger partial charge in [-0.05, 0) is 189 Å². The van der Waals surface area contributed by atoms with E-state index in [0.29, 0.717) is 149 Å². The SMILES string of the molecule is CC(C)CN(c1ccc([C@H](C)CC(=O)O)cc1Nc1nc(C(F)(F)F)ns1)C1CCN(C(=O)OC(C)(C)C)CC1.CC(C)CN(c1ccc([C@H](C)CC(=O)O)cc1Nc1nc(C(F)(F)F)ns1)C1CCN(C(=O)OC(C)(C)C)CC1.COC(=O)C[C@@H](C)c1ccc(N(CC(C)C)C2CCN(C(=O)OC(C)(C)C)CC2)c(Nc2nc(C(F)(F)F)ns2)c1.[Na+].[OH-]. The molecule has 0 bridgehead atoms. The van der Waals surface area contributed by atoms with E-state index in [2.05, 4.69) is 100 Å². The number of nitrogens with zero attached hydrogens (tertiary/aromatic N) is 12. The van der Waals surface area contributed by atoms with Crippen molar-refractivity contribution in [2.45, 2.75) is 254 Å². The number of anilines is 9. The number of aromatic nitrogens is 6. The molecule has 6 N–H and O–H groups in total. The quantitative estimate of drug-likeness (QED) is 0.0138. The number of hydrogen-bond acceptors (Lipinski definition) is 26. The molecule has 6 aromatic rings. The van der Waals surface area contributed by atoms with Crippen molar-refractivity contribution in [3.05, 3.63) is 88.8 Å². The molecule has 3 aliphatic rings. The maximum Gasteiger partial charge on any atom is 1.00 e. The van der Waals surface area contributed by atoms with Gasteiger partial charge >= 0.3 is 84.3 Å². The first-order valence-electron chi connectivity index (χ1n) is 40.3. The third-order valence-corrected chi connectivity index (χ3v) is 21.4. The number of carbonyl (C=O) groups is 6. The molecule has 3 saturated heterocycles. The summed E-state index contributed by atoms with van der Waals surface area (Å²) in [6, 6.07) is 16.9. The summed E-state index contributed by atoms with van der Waals surface area (Å²) >= 11 is 1.86. The molecule has 3 aromatic carbocycles. The third kappa shape index (κ3) is 33.2. The molecule has 0 unspecified atom stereocenters. The number of rotatable bonds is 27. The smallest absolute Gasteiger partial charge is 0.870 e. The van der Waals surface area contributed by atoms with E-state index in [1.165, 1.54) is 7.11 Å². The van der Waals surface area contributed by atoms with Gasteiger partial charge < -0.3 is 80.0 Å². The molecule has 0 saturated carbocycles. The zero-order chi connectivity index (χ0) is 90.2. The second-order valence-electron chi connectivity index (χ2n) is 34.9. The van der Waals surface area contributed by atoms with Crippen molar-refractivity contribution in [1.29, 1.82) is 0 Å². The summed E-state index contributed by atoms with van der Waals surface area (Å²) in [7, 11) is 1.33. The fraction of sp³-hybridized carbons (Fsp3) is 0.634. The topological polar surface area (TPSA) is 343 Å². The summed E-state index contributed by atoms with van der Waals surface area (Å²) in [6.45, 7) is 39.6. The van der Waals surface area contributed by atoms with E-state index in [9.17, 15) is 78.5 Å². The number of aliphatic carboxylic acids is 2. The van der Waals surface area contributed by atoms with E-state index in [4.69, 9.17) is 18.9 Å². The first-order valence-corrected chi connectivity index (χ1v) is 42.7. The third-order valence-electron chi connectivity index (χ3n) is 19.5. The van der Waals surface area contributed by atoms with Crippen molar-refractivity contribution in [2.75, 3.05) is 96.7 Å². The van der Waals surface area contributed by atoms with Crippen LogP contribution >= 0.6 is 34.6 Å². The Bertz CT molecular complexity index is 4230. The van der Waals surface area contributed by atoms with Crippen molar-refractivity contribution >= 4 is 120 Å². The second-order valence-corrected chi connectivity index (χ2v) is 37.1. The molecule has 6 heterocycles. The van der Waals surface area contributed by atoms with Gasteiger partial charge in [0.05, 0.1) is 60.5 Å². The van der Waals surface area contributed by atoms with Gasteiger partial charge in [-0.3, -0.25) is 14.4 Å². The van der Waals surface area contributed by atoms with E-state index in [1.807, 2.05) is 112 Å². The summed E-state index contributed by atoms with van der Waals surface area (Å²) < 4.78 is 150. The normalized spacial score (nSPS) is 15.4. The maximum atomic E-state index is 13.2. The van der Waals surface area contributed by atoms with Gasteiger partial charge in [-0.15, -0.1) is 0 Å². The molecule has 9 rings (SSSR count). The number of alkyl halides is 9. The molecular formula is C82H117F9N15NaO13S3. The second kappa shape index (κ2) is 45.2. The molecule has 0 aliphatic carbocycles. The molecule has 41 heteroatoms. The molecule has 3 aromatic heterocycles. The van der Waals surface area contributed by atoms with Crippen molar-refractivity contribution in [2.24, 2.45) is 17.8 Å². The average Bonchev–Trinajstić information content (AvgIpc) is 1.31. The number of likely N-dealkylation sites (tertiary alicyclic amines) is 3. The van der Waals surface area contributed by atoms with Crippen LogP contribution in [-0.2, 0) is 51.9 Å². The zero-order valence-electron chi connectivity index (χ0n) is 73.5. The predicted octanol–water partition coefficient (Wildman–Crippen LogP) is 17.1. The van der Waals surface area contributed by atoms with Gasteiger partial charge in [0.2, 0.25) is 32.9 Å². The van der Waals surface area contributed by atoms with Crippen molar-refractivity contribution in [3.63, 3.8) is 0 Å². The van der Waals surface area contributed by atoms with Crippen LogP contribution in [0.2, 0.25) is 0 Å². The largest absolute Gasteiger partial charge is 1.00 e. The number of carboxylic acids is 2. The number of nitrogens with one attached hydrogen (secondary N) is 3. The van der Waals surface area contributed by atoms with Gasteiger partial charge in [-0.1, -0.05) is 80.5 Å². The van der Waals surface area contributed by atoms with Crippen LogP contribution in [0.15, 0.2) is 54.6 Å². The molecule has 3 aliphatic heterocycles. The number of benzene rings is 3. The molecular weight excluding hydrogens is 1690 g/mol. The van der Waals surface area contributed by atoms with E-state index >= 15 is 0 Å². The number of halogens is 9. The number of ether oxygens (including phenoxy) is 4. The molecule has 123 heavy (non-hydrogen) atoms. The molecule has 3 amide bonds. The number of carbonyl (C=O) groups excluding carboxylic acids is 4. The summed E-state index contributed by atoms with van der Waals surface area (Å²) in [5, 5.41) is 27.7. The van der Waals surface area contributed by atoms with Gasteiger partial charge in [-0.2, -0.15) is 67.6 Å². The first-order chi connectivity index (χ1) is 56.1. The van der Waals surface area contributed by atoms with Crippen LogP contribution < -0.4 is 60.2 Å². The van der Waals surface area contributed by atoms with Crippen LogP contribution in [0.5, 0.6) is 0 Å². The fourth-order valence-electron chi connectivity index (χ4n) is 13.9. The first kappa shape index (κ1) is 105. The van der Waals surface area contributed by atoms with E-state index < -0.39 is 64.7 Å². The van der Waals surface area contributed by atoms with Gasteiger partial charge in [0, 0.05) is 112 Å². The van der Waals surface area contributed by atoms with Crippen LogP contribution in [0.4, 0.5) is 103 Å². The Morgan fingerprint density at radius 1 is 0.431 bits per heavy atom. The van der Waals surface area contributed by atoms with Crippen LogP contribution in [0.1, 0.15) is 234 Å². The molecule has 0 radical (unpaired) electrons. The Kier molecular flexibility index (Phi) is 38.7. The van der Waals surface area contributed by atoms with Crippen LogP contribution in [0.3, 0.4) is 0 Å². The molecule has 0 spiro atoms. The maximum absolute atomic E-state index is 13.2. The molecule has 3 fully saturated rings.